The molecule has 1 atom stereocenters. The first-order valence-electron chi connectivity index (χ1n) is 8.63. The third kappa shape index (κ3) is 4.19. The Labute approximate surface area is 156 Å². The number of anilines is 2. The van der Waals surface area contributed by atoms with Gasteiger partial charge in [0.2, 0.25) is 11.0 Å². The fourth-order valence-corrected chi connectivity index (χ4v) is 3.69. The number of ether oxygens (including phenoxy) is 1. The molecule has 8 heteroatoms. The van der Waals surface area contributed by atoms with Crippen LogP contribution in [-0.4, -0.2) is 34.7 Å². The normalized spacial score (nSPS) is 16.4. The van der Waals surface area contributed by atoms with Gasteiger partial charge in [0, 0.05) is 19.4 Å². The number of fused-ring (bicyclic) bond motifs is 1. The number of rotatable bonds is 6. The lowest BCUT2D eigenvalue weighted by atomic mass is 10.1. The van der Waals surface area contributed by atoms with Crippen molar-refractivity contribution in [2.24, 2.45) is 5.92 Å². The molecule has 0 aliphatic carbocycles. The lowest BCUT2D eigenvalue weighted by Crippen LogP contribution is -2.45. The number of hydrogen-bond acceptors (Lipinski definition) is 6. The number of hydrogen-bond donors (Lipinski definition) is 1. The van der Waals surface area contributed by atoms with Gasteiger partial charge in [0.05, 0.1) is 5.69 Å². The van der Waals surface area contributed by atoms with E-state index in [9.17, 15) is 9.59 Å². The van der Waals surface area contributed by atoms with Crippen molar-refractivity contribution in [2.75, 3.05) is 16.8 Å². The van der Waals surface area contributed by atoms with Gasteiger partial charge in [0.1, 0.15) is 10.8 Å². The molecule has 1 aromatic heterocycles. The number of amides is 2. The summed E-state index contributed by atoms with van der Waals surface area (Å²) in [5.41, 5.74) is 0.693. The van der Waals surface area contributed by atoms with Crippen LogP contribution in [0.15, 0.2) is 24.3 Å². The van der Waals surface area contributed by atoms with Crippen LogP contribution in [0.4, 0.5) is 10.8 Å². The number of carbonyl (C=O) groups excluding carboxylic acids is 2. The van der Waals surface area contributed by atoms with E-state index >= 15 is 0 Å². The topological polar surface area (TPSA) is 84.4 Å². The van der Waals surface area contributed by atoms with Crippen LogP contribution in [0, 0.1) is 5.92 Å². The average Bonchev–Trinajstić information content (AvgIpc) is 3.01. The van der Waals surface area contributed by atoms with E-state index in [2.05, 4.69) is 29.4 Å². The Balaban J connectivity index is 1.60. The summed E-state index contributed by atoms with van der Waals surface area (Å²) >= 11 is 1.39. The number of benzene rings is 1. The monoisotopic (exact) mass is 374 g/mol. The molecule has 26 heavy (non-hydrogen) atoms. The second-order valence-electron chi connectivity index (χ2n) is 6.61. The maximum atomic E-state index is 12.4. The molecule has 7 nitrogen and oxygen atoms in total. The number of aromatic nitrogens is 2. The Morgan fingerprint density at radius 2 is 2.12 bits per heavy atom. The molecule has 1 aliphatic heterocycles. The summed E-state index contributed by atoms with van der Waals surface area (Å²) in [6.45, 7) is 6.21. The standard InChI is InChI=1S/C18H22N4O3S/c1-11(2)10-16-20-21-18(26-16)19-15(23)8-9-22-13-6-4-5-7-14(13)25-12(3)17(22)24/h4-7,11-12H,8-10H2,1-3H3,(H,19,21,23). The summed E-state index contributed by atoms with van der Waals surface area (Å²) in [4.78, 5) is 26.3. The van der Waals surface area contributed by atoms with Crippen LogP contribution in [-0.2, 0) is 16.0 Å². The Morgan fingerprint density at radius 1 is 1.35 bits per heavy atom. The van der Waals surface area contributed by atoms with Gasteiger partial charge < -0.3 is 15.0 Å². The number of nitrogens with zero attached hydrogens (tertiary/aromatic N) is 3. The fourth-order valence-electron chi connectivity index (χ4n) is 2.72. The highest BCUT2D eigenvalue weighted by Crippen LogP contribution is 2.33. The maximum Gasteiger partial charge on any atom is 0.267 e. The molecule has 1 aromatic carbocycles. The molecule has 2 amide bonds. The van der Waals surface area contributed by atoms with Crippen molar-refractivity contribution in [1.82, 2.24) is 10.2 Å². The molecule has 0 fully saturated rings. The lowest BCUT2D eigenvalue weighted by molar-refractivity contribution is -0.125. The third-order valence-electron chi connectivity index (χ3n) is 3.93. The summed E-state index contributed by atoms with van der Waals surface area (Å²) in [5, 5.41) is 12.2. The number of carbonyl (C=O) groups is 2. The quantitative estimate of drug-likeness (QED) is 0.840. The maximum absolute atomic E-state index is 12.4. The Morgan fingerprint density at radius 3 is 2.88 bits per heavy atom. The summed E-state index contributed by atoms with van der Waals surface area (Å²) in [6.07, 6.45) is 0.450. The highest BCUT2D eigenvalue weighted by Gasteiger charge is 2.31. The highest BCUT2D eigenvalue weighted by molar-refractivity contribution is 7.15. The van der Waals surface area contributed by atoms with Gasteiger partial charge in [0.15, 0.2) is 6.10 Å². The van der Waals surface area contributed by atoms with Crippen LogP contribution in [0.5, 0.6) is 5.75 Å². The highest BCUT2D eigenvalue weighted by atomic mass is 32.1. The van der Waals surface area contributed by atoms with Crippen LogP contribution < -0.4 is 15.0 Å². The van der Waals surface area contributed by atoms with Crippen LogP contribution in [0.25, 0.3) is 0 Å². The largest absolute Gasteiger partial charge is 0.479 e. The smallest absolute Gasteiger partial charge is 0.267 e. The van der Waals surface area contributed by atoms with E-state index in [1.54, 1.807) is 11.8 Å². The van der Waals surface area contributed by atoms with E-state index in [4.69, 9.17) is 4.74 Å². The molecule has 2 aromatic rings. The first-order chi connectivity index (χ1) is 12.4. The molecule has 0 saturated carbocycles. The number of para-hydroxylation sites is 2. The van der Waals surface area contributed by atoms with E-state index in [0.717, 1.165) is 11.4 Å². The zero-order chi connectivity index (χ0) is 18.7. The zero-order valence-corrected chi connectivity index (χ0v) is 15.9. The van der Waals surface area contributed by atoms with Crippen molar-refractivity contribution in [1.29, 1.82) is 0 Å². The Kier molecular flexibility index (Phi) is 5.51. The predicted molar refractivity (Wildman–Crippen MR) is 101 cm³/mol. The molecule has 1 N–H and O–H groups in total. The van der Waals surface area contributed by atoms with Crippen LogP contribution >= 0.6 is 11.3 Å². The van der Waals surface area contributed by atoms with Gasteiger partial charge in [-0.1, -0.05) is 37.3 Å². The van der Waals surface area contributed by atoms with Crippen LogP contribution in [0.3, 0.4) is 0 Å². The molecule has 0 bridgehead atoms. The van der Waals surface area contributed by atoms with E-state index in [0.29, 0.717) is 22.5 Å². The van der Waals surface area contributed by atoms with E-state index in [1.807, 2.05) is 24.3 Å². The van der Waals surface area contributed by atoms with Crippen LogP contribution in [0.1, 0.15) is 32.2 Å². The van der Waals surface area contributed by atoms with Crippen molar-refractivity contribution < 1.29 is 14.3 Å². The summed E-state index contributed by atoms with van der Waals surface area (Å²) in [5.74, 6) is 0.802. The third-order valence-corrected chi connectivity index (χ3v) is 4.79. The minimum Gasteiger partial charge on any atom is -0.479 e. The summed E-state index contributed by atoms with van der Waals surface area (Å²) in [7, 11) is 0. The minimum absolute atomic E-state index is 0.147. The Hall–Kier alpha value is -2.48. The zero-order valence-electron chi connectivity index (χ0n) is 15.1. The fraction of sp³-hybridized carbons (Fsp3) is 0.444. The van der Waals surface area contributed by atoms with Gasteiger partial charge in [-0.2, -0.15) is 0 Å². The van der Waals surface area contributed by atoms with Crippen molar-refractivity contribution in [3.63, 3.8) is 0 Å². The second kappa shape index (κ2) is 7.82. The lowest BCUT2D eigenvalue weighted by Gasteiger charge is -2.32. The molecule has 0 spiro atoms. The van der Waals surface area contributed by atoms with E-state index in [-0.39, 0.29) is 24.8 Å². The predicted octanol–water partition coefficient (Wildman–Crippen LogP) is 2.88. The molecule has 2 heterocycles. The molecule has 0 saturated heterocycles. The van der Waals surface area contributed by atoms with Gasteiger partial charge in [-0.3, -0.25) is 9.59 Å². The second-order valence-corrected chi connectivity index (χ2v) is 7.68. The molecule has 1 aliphatic rings. The van der Waals surface area contributed by atoms with E-state index in [1.165, 1.54) is 11.3 Å². The van der Waals surface area contributed by atoms with Crippen LogP contribution in [0.2, 0.25) is 0 Å². The first kappa shape index (κ1) is 18.3. The number of nitrogens with one attached hydrogen (secondary N) is 1. The van der Waals surface area contributed by atoms with Gasteiger partial charge >= 0.3 is 0 Å². The van der Waals surface area contributed by atoms with Crippen molar-refractivity contribution >= 4 is 34.0 Å². The Bertz CT molecular complexity index is 805. The van der Waals surface area contributed by atoms with Gasteiger partial charge in [-0.15, -0.1) is 10.2 Å². The SMILES string of the molecule is CC(C)Cc1nnc(NC(=O)CCN2C(=O)C(C)Oc3ccccc32)s1. The van der Waals surface area contributed by atoms with Crippen molar-refractivity contribution in [3.8, 4) is 5.75 Å². The molecular formula is C18H22N4O3S. The summed E-state index contributed by atoms with van der Waals surface area (Å²) < 4.78 is 5.60. The first-order valence-corrected chi connectivity index (χ1v) is 9.45. The molecule has 0 radical (unpaired) electrons. The summed E-state index contributed by atoms with van der Waals surface area (Å²) in [6, 6.07) is 7.34. The van der Waals surface area contributed by atoms with Gasteiger partial charge in [0.25, 0.3) is 5.91 Å². The van der Waals surface area contributed by atoms with Crippen molar-refractivity contribution in [3.05, 3.63) is 29.3 Å². The minimum atomic E-state index is -0.560. The van der Waals surface area contributed by atoms with Gasteiger partial charge in [-0.25, -0.2) is 0 Å². The van der Waals surface area contributed by atoms with Gasteiger partial charge in [-0.05, 0) is 25.0 Å². The molecular weight excluding hydrogens is 352 g/mol. The van der Waals surface area contributed by atoms with Crippen molar-refractivity contribution in [2.45, 2.75) is 39.7 Å². The molecule has 1 unspecified atom stereocenters. The molecule has 3 rings (SSSR count). The van der Waals surface area contributed by atoms with E-state index < -0.39 is 6.10 Å². The average molecular weight is 374 g/mol. The molecule has 138 valence electrons.